The number of rotatable bonds is 5. The number of nitrogens with one attached hydrogen (secondary N) is 2. The van der Waals surface area contributed by atoms with Gasteiger partial charge in [-0.3, -0.25) is 4.79 Å². The zero-order valence-electron chi connectivity index (χ0n) is 18.1. The van der Waals surface area contributed by atoms with Gasteiger partial charge in [-0.1, -0.05) is 23.2 Å². The number of aliphatic carboxylic acids is 1. The van der Waals surface area contributed by atoms with Crippen LogP contribution in [0, 0.1) is 23.6 Å². The van der Waals surface area contributed by atoms with Crippen LogP contribution >= 0.6 is 34.5 Å². The maximum atomic E-state index is 15.9. The van der Waals surface area contributed by atoms with Gasteiger partial charge in [0.05, 0.1) is 26.9 Å². The van der Waals surface area contributed by atoms with Crippen LogP contribution in [-0.4, -0.2) is 42.0 Å². The number of hydrogen-bond acceptors (Lipinski definition) is 7. The van der Waals surface area contributed by atoms with Crippen molar-refractivity contribution >= 4 is 57.5 Å². The molecule has 4 aromatic heterocycles. The molecule has 0 aromatic carbocycles. The van der Waals surface area contributed by atoms with Crippen molar-refractivity contribution in [3.8, 4) is 22.0 Å². The summed E-state index contributed by atoms with van der Waals surface area (Å²) < 4.78 is 16.4. The van der Waals surface area contributed by atoms with Gasteiger partial charge >= 0.3 is 5.97 Å². The fraction of sp³-hybridized carbons (Fsp3) is 0.348. The van der Waals surface area contributed by atoms with E-state index in [9.17, 15) is 9.90 Å². The van der Waals surface area contributed by atoms with Crippen molar-refractivity contribution in [1.29, 1.82) is 0 Å². The summed E-state index contributed by atoms with van der Waals surface area (Å²) in [7, 11) is 0. The molecule has 3 aliphatic carbocycles. The van der Waals surface area contributed by atoms with E-state index in [0.717, 1.165) is 25.7 Å². The summed E-state index contributed by atoms with van der Waals surface area (Å²) in [6.45, 7) is 0. The molecule has 2 unspecified atom stereocenters. The molecule has 8 nitrogen and oxygen atoms in total. The quantitative estimate of drug-likeness (QED) is 0.293. The number of thiophene rings is 1. The average Bonchev–Trinajstić information content (AvgIpc) is 3.46. The van der Waals surface area contributed by atoms with Gasteiger partial charge in [0, 0.05) is 12.2 Å². The average molecular weight is 533 g/mol. The van der Waals surface area contributed by atoms with Crippen molar-refractivity contribution in [1.82, 2.24) is 24.9 Å². The van der Waals surface area contributed by atoms with Gasteiger partial charge in [-0.25, -0.2) is 24.3 Å². The molecule has 4 heterocycles. The first-order chi connectivity index (χ1) is 16.9. The Bertz CT molecular complexity index is 1450. The number of aromatic amines is 1. The van der Waals surface area contributed by atoms with Crippen molar-refractivity contribution in [3.05, 3.63) is 39.8 Å². The molecule has 12 heteroatoms. The van der Waals surface area contributed by atoms with Crippen molar-refractivity contribution in [2.75, 3.05) is 5.32 Å². The molecule has 3 fully saturated rings. The summed E-state index contributed by atoms with van der Waals surface area (Å²) in [6, 6.07) is 2.95. The molecule has 35 heavy (non-hydrogen) atoms. The van der Waals surface area contributed by atoms with Gasteiger partial charge in [0.25, 0.3) is 0 Å². The van der Waals surface area contributed by atoms with Gasteiger partial charge in [0.2, 0.25) is 0 Å². The van der Waals surface area contributed by atoms with E-state index >= 15 is 4.39 Å². The number of halogens is 3. The molecule has 4 aromatic rings. The van der Waals surface area contributed by atoms with Gasteiger partial charge < -0.3 is 15.4 Å². The Kier molecular flexibility index (Phi) is 5.62. The number of carboxylic acid groups (broad SMARTS) is 1. The Morgan fingerprint density at radius 2 is 1.91 bits per heavy atom. The van der Waals surface area contributed by atoms with Crippen molar-refractivity contribution in [2.45, 2.75) is 31.7 Å². The highest BCUT2D eigenvalue weighted by molar-refractivity contribution is 7.19. The van der Waals surface area contributed by atoms with Gasteiger partial charge in [-0.05, 0) is 49.7 Å². The minimum Gasteiger partial charge on any atom is -0.481 e. The minimum atomic E-state index is -0.863. The lowest BCUT2D eigenvalue weighted by atomic mass is 9.61. The molecule has 180 valence electrons. The first-order valence-electron chi connectivity index (χ1n) is 11.2. The third-order valence-corrected chi connectivity index (χ3v) is 8.48. The molecule has 3 N–H and O–H groups in total. The number of nitrogens with zero attached hydrogens (tertiary/aromatic N) is 4. The van der Waals surface area contributed by atoms with Gasteiger partial charge in [0.1, 0.15) is 16.4 Å². The summed E-state index contributed by atoms with van der Waals surface area (Å²) in [5.74, 6) is -1.73. The first kappa shape index (κ1) is 22.6. The van der Waals surface area contributed by atoms with E-state index < -0.39 is 23.7 Å². The number of carbonyl (C=O) groups is 1. The molecule has 0 aliphatic heterocycles. The zero-order valence-corrected chi connectivity index (χ0v) is 20.5. The van der Waals surface area contributed by atoms with Gasteiger partial charge in [-0.15, -0.1) is 11.3 Å². The lowest BCUT2D eigenvalue weighted by Crippen LogP contribution is -2.51. The number of aromatic nitrogens is 5. The van der Waals surface area contributed by atoms with Crippen LogP contribution in [-0.2, 0) is 4.79 Å². The zero-order chi connectivity index (χ0) is 24.3. The molecule has 0 radical (unpaired) electrons. The number of carboxylic acids is 1. The molecule has 2 atom stereocenters. The summed E-state index contributed by atoms with van der Waals surface area (Å²) in [5, 5.41) is 13.3. The second kappa shape index (κ2) is 8.69. The minimum absolute atomic E-state index is 0.0392. The monoisotopic (exact) mass is 532 g/mol. The van der Waals surface area contributed by atoms with Crippen LogP contribution in [0.3, 0.4) is 0 Å². The molecule has 3 saturated carbocycles. The Morgan fingerprint density at radius 1 is 1.14 bits per heavy atom. The second-order valence-corrected chi connectivity index (χ2v) is 11.1. The van der Waals surface area contributed by atoms with Crippen LogP contribution in [0.5, 0.6) is 0 Å². The van der Waals surface area contributed by atoms with E-state index in [1.807, 2.05) is 0 Å². The third-order valence-electron chi connectivity index (χ3n) is 7.06. The second-order valence-electron chi connectivity index (χ2n) is 8.96. The number of fused-ring (bicyclic) bond motifs is 4. The summed E-state index contributed by atoms with van der Waals surface area (Å²) >= 11 is 13.4. The molecular formula is C23H19Cl2FN6O2S. The van der Waals surface area contributed by atoms with Crippen LogP contribution in [0.25, 0.3) is 33.1 Å². The Balaban J connectivity index is 1.50. The molecule has 0 saturated heterocycles. The summed E-state index contributed by atoms with van der Waals surface area (Å²) in [4.78, 5) is 33.3. The van der Waals surface area contributed by atoms with Crippen LogP contribution < -0.4 is 5.32 Å². The van der Waals surface area contributed by atoms with Gasteiger partial charge in [-0.2, -0.15) is 0 Å². The van der Waals surface area contributed by atoms with E-state index in [1.54, 1.807) is 18.3 Å². The Labute approximate surface area is 213 Å². The van der Waals surface area contributed by atoms with Crippen LogP contribution in [0.2, 0.25) is 9.49 Å². The highest BCUT2D eigenvalue weighted by atomic mass is 35.5. The maximum absolute atomic E-state index is 15.9. The molecule has 0 amide bonds. The lowest BCUT2D eigenvalue weighted by Gasteiger charge is -2.47. The molecule has 2 bridgehead atoms. The predicted octanol–water partition coefficient (Wildman–Crippen LogP) is 5.89. The van der Waals surface area contributed by atoms with Crippen LogP contribution in [0.4, 0.5) is 10.2 Å². The fourth-order valence-corrected chi connectivity index (χ4v) is 6.64. The standard InChI is InChI=1S/C23H19Cl2FN6O2S/c24-13-8-28-22-18(29-13)11(7-27-22)20-31-19(12-5-6-14(25)35-12)16(26)21(32-20)30-17-10-3-1-9(2-4-10)15(17)23(33)34/h5-10,15,17H,1-4H2,(H,27,28)(H,33,34)(H,30,31,32). The van der Waals surface area contributed by atoms with Crippen molar-refractivity contribution in [3.63, 3.8) is 0 Å². The van der Waals surface area contributed by atoms with E-state index in [0.29, 0.717) is 25.9 Å². The van der Waals surface area contributed by atoms with Crippen LogP contribution in [0.1, 0.15) is 25.7 Å². The number of hydrogen-bond donors (Lipinski definition) is 3. The summed E-state index contributed by atoms with van der Waals surface area (Å²) in [5.41, 5.74) is 1.52. The van der Waals surface area contributed by atoms with E-state index in [1.165, 1.54) is 17.5 Å². The maximum Gasteiger partial charge on any atom is 0.308 e. The predicted molar refractivity (Wildman–Crippen MR) is 132 cm³/mol. The van der Waals surface area contributed by atoms with E-state index in [-0.39, 0.29) is 34.3 Å². The molecule has 3 aliphatic rings. The Morgan fingerprint density at radius 3 is 2.63 bits per heavy atom. The fourth-order valence-electron chi connectivity index (χ4n) is 5.48. The lowest BCUT2D eigenvalue weighted by molar-refractivity contribution is -0.148. The first-order valence-corrected chi connectivity index (χ1v) is 12.8. The Hall–Kier alpha value is -2.82. The van der Waals surface area contributed by atoms with E-state index in [2.05, 4.69) is 30.2 Å². The van der Waals surface area contributed by atoms with E-state index in [4.69, 9.17) is 23.2 Å². The number of H-pyrrole nitrogens is 1. The molecule has 0 spiro atoms. The highest BCUT2D eigenvalue weighted by Gasteiger charge is 2.47. The third kappa shape index (κ3) is 3.93. The molecule has 7 rings (SSSR count). The van der Waals surface area contributed by atoms with Gasteiger partial charge in [0.15, 0.2) is 23.1 Å². The number of anilines is 1. The van der Waals surface area contributed by atoms with Crippen molar-refractivity contribution < 1.29 is 14.3 Å². The highest BCUT2D eigenvalue weighted by Crippen LogP contribution is 2.47. The van der Waals surface area contributed by atoms with Crippen LogP contribution in [0.15, 0.2) is 24.5 Å². The smallest absolute Gasteiger partial charge is 0.308 e. The SMILES string of the molecule is O=C(O)C1C2CCC(CC2)C1Nc1nc(-c2c[nH]c3ncc(Cl)nc23)nc(-c2ccc(Cl)s2)c1F. The topological polar surface area (TPSA) is 117 Å². The largest absolute Gasteiger partial charge is 0.481 e. The molecular weight excluding hydrogens is 514 g/mol. The summed E-state index contributed by atoms with van der Waals surface area (Å²) in [6.07, 6.45) is 6.65. The van der Waals surface area contributed by atoms with Crippen molar-refractivity contribution in [2.24, 2.45) is 17.8 Å². The normalized spacial score (nSPS) is 23.6.